The van der Waals surface area contributed by atoms with Crippen LogP contribution >= 0.6 is 15.9 Å². The van der Waals surface area contributed by atoms with Crippen molar-refractivity contribution >= 4 is 33.3 Å². The van der Waals surface area contributed by atoms with Crippen molar-refractivity contribution in [1.29, 1.82) is 0 Å². The minimum atomic E-state index is -0.930. The monoisotopic (exact) mass is 319 g/mol. The van der Waals surface area contributed by atoms with Crippen molar-refractivity contribution in [2.45, 2.75) is 6.92 Å². The first-order valence-electron chi connectivity index (χ1n) is 5.82. The number of hydrogen-bond donors (Lipinski definition) is 1. The Morgan fingerprint density at radius 1 is 1.21 bits per heavy atom. The third kappa shape index (κ3) is 2.96. The summed E-state index contributed by atoms with van der Waals surface area (Å²) in [5, 5.41) is 9.10. The molecule has 0 aliphatic carbocycles. The smallest absolute Gasteiger partial charge is 0.335 e. The molecule has 0 atom stereocenters. The number of aryl methyl sites for hydroxylation is 1. The summed E-state index contributed by atoms with van der Waals surface area (Å²) >= 11 is 3.35. The highest BCUT2D eigenvalue weighted by Gasteiger charge is 2.11. The van der Waals surface area contributed by atoms with Gasteiger partial charge in [0, 0.05) is 22.9 Å². The first-order chi connectivity index (χ1) is 8.99. The van der Waals surface area contributed by atoms with E-state index in [-0.39, 0.29) is 5.56 Å². The fraction of sp³-hybridized carbons (Fsp3) is 0.133. The average Bonchev–Trinajstić information content (AvgIpc) is 2.37. The van der Waals surface area contributed by atoms with E-state index in [9.17, 15) is 4.79 Å². The molecule has 2 aromatic rings. The summed E-state index contributed by atoms with van der Waals surface area (Å²) in [5.74, 6) is -0.930. The quantitative estimate of drug-likeness (QED) is 0.920. The molecule has 0 saturated carbocycles. The molecular weight excluding hydrogens is 306 g/mol. The number of para-hydroxylation sites is 1. The molecule has 0 aliphatic rings. The van der Waals surface area contributed by atoms with Gasteiger partial charge in [-0.15, -0.1) is 0 Å². The van der Waals surface area contributed by atoms with Gasteiger partial charge in [0.15, 0.2) is 0 Å². The normalized spacial score (nSPS) is 10.3. The van der Waals surface area contributed by atoms with Crippen molar-refractivity contribution in [3.05, 3.63) is 58.1 Å². The van der Waals surface area contributed by atoms with Gasteiger partial charge in [-0.2, -0.15) is 0 Å². The molecule has 0 aliphatic heterocycles. The van der Waals surface area contributed by atoms with Crippen LogP contribution in [0.5, 0.6) is 0 Å². The van der Waals surface area contributed by atoms with Crippen molar-refractivity contribution in [3.63, 3.8) is 0 Å². The van der Waals surface area contributed by atoms with Crippen LogP contribution in [0.3, 0.4) is 0 Å². The topological polar surface area (TPSA) is 40.5 Å². The lowest BCUT2D eigenvalue weighted by molar-refractivity contribution is 0.0697. The van der Waals surface area contributed by atoms with Crippen molar-refractivity contribution in [3.8, 4) is 0 Å². The first-order valence-corrected chi connectivity index (χ1v) is 6.61. The van der Waals surface area contributed by atoms with E-state index in [2.05, 4.69) is 15.9 Å². The van der Waals surface area contributed by atoms with Gasteiger partial charge in [0.05, 0.1) is 5.56 Å². The summed E-state index contributed by atoms with van der Waals surface area (Å²) in [5.41, 5.74) is 3.30. The van der Waals surface area contributed by atoms with Crippen LogP contribution in [0.15, 0.2) is 46.9 Å². The van der Waals surface area contributed by atoms with Crippen LogP contribution in [0, 0.1) is 6.92 Å². The standard InChI is InChI=1S/C15H14BrNO2/c1-10-5-3-4-6-14(10)17(2)13-8-11(15(18)19)7-12(16)9-13/h3-9H,1-2H3,(H,18,19). The molecule has 0 spiro atoms. The number of carboxylic acid groups (broad SMARTS) is 1. The Balaban J connectivity index is 2.47. The van der Waals surface area contributed by atoms with Crippen LogP contribution in [-0.2, 0) is 0 Å². The summed E-state index contributed by atoms with van der Waals surface area (Å²) in [7, 11) is 1.93. The van der Waals surface area contributed by atoms with Gasteiger partial charge < -0.3 is 10.0 Å². The van der Waals surface area contributed by atoms with E-state index >= 15 is 0 Å². The Labute approximate surface area is 120 Å². The van der Waals surface area contributed by atoms with Gasteiger partial charge in [-0.1, -0.05) is 34.1 Å². The molecule has 2 rings (SSSR count). The average molecular weight is 320 g/mol. The Hall–Kier alpha value is -1.81. The first kappa shape index (κ1) is 13.6. The zero-order valence-electron chi connectivity index (χ0n) is 10.7. The van der Waals surface area contributed by atoms with Crippen molar-refractivity contribution in [2.75, 3.05) is 11.9 Å². The summed E-state index contributed by atoms with van der Waals surface area (Å²) in [6, 6.07) is 13.2. The van der Waals surface area contributed by atoms with Gasteiger partial charge in [-0.25, -0.2) is 4.79 Å². The molecule has 0 amide bonds. The van der Waals surface area contributed by atoms with Gasteiger partial charge in [-0.3, -0.25) is 0 Å². The lowest BCUT2D eigenvalue weighted by atomic mass is 10.1. The summed E-state index contributed by atoms with van der Waals surface area (Å²) in [6.07, 6.45) is 0. The zero-order chi connectivity index (χ0) is 14.0. The number of halogens is 1. The van der Waals surface area contributed by atoms with Gasteiger partial charge in [0.2, 0.25) is 0 Å². The second kappa shape index (κ2) is 5.45. The van der Waals surface area contributed by atoms with Crippen molar-refractivity contribution in [1.82, 2.24) is 0 Å². The summed E-state index contributed by atoms with van der Waals surface area (Å²) < 4.78 is 0.753. The Bertz CT molecular complexity index is 625. The number of anilines is 2. The summed E-state index contributed by atoms with van der Waals surface area (Å²) in [6.45, 7) is 2.03. The lowest BCUT2D eigenvalue weighted by Gasteiger charge is -2.22. The fourth-order valence-electron chi connectivity index (χ4n) is 1.97. The zero-order valence-corrected chi connectivity index (χ0v) is 12.3. The largest absolute Gasteiger partial charge is 0.478 e. The third-order valence-corrected chi connectivity index (χ3v) is 3.45. The molecule has 0 unspecified atom stereocenters. The molecule has 0 bridgehead atoms. The number of carbonyl (C=O) groups is 1. The molecule has 0 heterocycles. The number of nitrogens with zero attached hydrogens (tertiary/aromatic N) is 1. The Morgan fingerprint density at radius 3 is 2.53 bits per heavy atom. The Morgan fingerprint density at radius 2 is 1.89 bits per heavy atom. The van der Waals surface area contributed by atoms with E-state index in [1.165, 1.54) is 0 Å². The molecule has 98 valence electrons. The predicted octanol–water partition coefficient (Wildman–Crippen LogP) is 4.22. The van der Waals surface area contributed by atoms with Crippen molar-refractivity contribution in [2.24, 2.45) is 0 Å². The van der Waals surface area contributed by atoms with E-state index in [0.29, 0.717) is 0 Å². The van der Waals surface area contributed by atoms with E-state index in [1.54, 1.807) is 12.1 Å². The number of aromatic carboxylic acids is 1. The molecule has 0 saturated heterocycles. The fourth-order valence-corrected chi connectivity index (χ4v) is 2.45. The maximum atomic E-state index is 11.1. The van der Waals surface area contributed by atoms with E-state index in [4.69, 9.17) is 5.11 Å². The minimum absolute atomic E-state index is 0.268. The minimum Gasteiger partial charge on any atom is -0.478 e. The molecule has 4 heteroatoms. The van der Waals surface area contributed by atoms with Crippen molar-refractivity contribution < 1.29 is 9.90 Å². The molecule has 0 radical (unpaired) electrons. The third-order valence-electron chi connectivity index (χ3n) is 2.99. The molecule has 0 aromatic heterocycles. The van der Waals surface area contributed by atoms with E-state index in [1.807, 2.05) is 49.2 Å². The predicted molar refractivity (Wildman–Crippen MR) is 80.3 cm³/mol. The number of hydrogen-bond acceptors (Lipinski definition) is 2. The molecule has 1 N–H and O–H groups in total. The molecule has 3 nitrogen and oxygen atoms in total. The second-order valence-electron chi connectivity index (χ2n) is 4.35. The molecule has 19 heavy (non-hydrogen) atoms. The van der Waals surface area contributed by atoms with Crippen LogP contribution in [0.4, 0.5) is 11.4 Å². The Kier molecular flexibility index (Phi) is 3.90. The SMILES string of the molecule is Cc1ccccc1N(C)c1cc(Br)cc(C(=O)O)c1. The highest BCUT2D eigenvalue weighted by Crippen LogP contribution is 2.29. The number of carboxylic acids is 1. The maximum Gasteiger partial charge on any atom is 0.335 e. The molecular formula is C15H14BrNO2. The van der Waals surface area contributed by atoms with Crippen LogP contribution in [-0.4, -0.2) is 18.1 Å². The maximum absolute atomic E-state index is 11.1. The van der Waals surface area contributed by atoms with Gasteiger partial charge in [-0.05, 0) is 36.8 Å². The second-order valence-corrected chi connectivity index (χ2v) is 5.26. The highest BCUT2D eigenvalue weighted by molar-refractivity contribution is 9.10. The van der Waals surface area contributed by atoms with Crippen LogP contribution in [0.1, 0.15) is 15.9 Å². The molecule has 2 aromatic carbocycles. The van der Waals surface area contributed by atoms with E-state index in [0.717, 1.165) is 21.4 Å². The van der Waals surface area contributed by atoms with Crippen LogP contribution in [0.2, 0.25) is 0 Å². The van der Waals surface area contributed by atoms with Gasteiger partial charge >= 0.3 is 5.97 Å². The molecule has 0 fully saturated rings. The number of benzene rings is 2. The lowest BCUT2D eigenvalue weighted by Crippen LogP contribution is -2.11. The van der Waals surface area contributed by atoms with Gasteiger partial charge in [0.1, 0.15) is 0 Å². The summed E-state index contributed by atoms with van der Waals surface area (Å²) in [4.78, 5) is 13.1. The number of rotatable bonds is 3. The van der Waals surface area contributed by atoms with Gasteiger partial charge in [0.25, 0.3) is 0 Å². The highest BCUT2D eigenvalue weighted by atomic mass is 79.9. The van der Waals surface area contributed by atoms with Crippen LogP contribution < -0.4 is 4.90 Å². The van der Waals surface area contributed by atoms with Crippen LogP contribution in [0.25, 0.3) is 0 Å². The van der Waals surface area contributed by atoms with E-state index < -0.39 is 5.97 Å².